The van der Waals surface area contributed by atoms with E-state index in [2.05, 4.69) is 10.5 Å². The topological polar surface area (TPSA) is 48.2 Å². The summed E-state index contributed by atoms with van der Waals surface area (Å²) >= 11 is 0. The molecule has 0 fully saturated rings. The monoisotopic (exact) mass is 259 g/mol. The Morgan fingerprint density at radius 1 is 1.44 bits per heavy atom. The number of hydrogen-bond acceptors (Lipinski definition) is 3. The van der Waals surface area contributed by atoms with Crippen LogP contribution in [0.2, 0.25) is 0 Å². The molecule has 1 aromatic carbocycles. The highest BCUT2D eigenvalue weighted by molar-refractivity contribution is 5.90. The Balaban J connectivity index is 2.93. The van der Waals surface area contributed by atoms with E-state index < -0.39 is 17.7 Å². The van der Waals surface area contributed by atoms with E-state index in [0.717, 1.165) is 12.1 Å². The highest BCUT2D eigenvalue weighted by atomic mass is 19.4. The summed E-state index contributed by atoms with van der Waals surface area (Å²) in [7, 11) is 0. The van der Waals surface area contributed by atoms with Crippen molar-refractivity contribution in [3.63, 3.8) is 0 Å². The summed E-state index contributed by atoms with van der Waals surface area (Å²) in [5.41, 5.74) is 1.02. The van der Waals surface area contributed by atoms with Gasteiger partial charge in [0.2, 0.25) is 0 Å². The minimum Gasteiger partial charge on any atom is -0.278 e. The van der Waals surface area contributed by atoms with Crippen molar-refractivity contribution in [1.29, 1.82) is 5.26 Å². The number of nitrogens with zero attached hydrogens (tertiary/aromatic N) is 2. The van der Waals surface area contributed by atoms with Crippen molar-refractivity contribution in [3.8, 4) is 6.07 Å². The molecule has 0 saturated carbocycles. The normalized spacial score (nSPS) is 12.1. The van der Waals surface area contributed by atoms with Crippen molar-refractivity contribution in [2.24, 2.45) is 5.10 Å². The highest BCUT2D eigenvalue weighted by Gasteiger charge is 2.34. The van der Waals surface area contributed by atoms with Crippen LogP contribution in [-0.4, -0.2) is 11.9 Å². The Kier molecular flexibility index (Phi) is 4.26. The third-order valence-electron chi connectivity index (χ3n) is 2.07. The molecule has 0 atom stereocenters. The summed E-state index contributed by atoms with van der Waals surface area (Å²) < 4.78 is 50.0. The largest absolute Gasteiger partial charge is 0.431 e. The molecule has 1 aromatic rings. The quantitative estimate of drug-likeness (QED) is 0.513. The van der Waals surface area contributed by atoms with Gasteiger partial charge in [-0.15, -0.1) is 0 Å². The summed E-state index contributed by atoms with van der Waals surface area (Å²) in [4.78, 5) is 0. The van der Waals surface area contributed by atoms with Gasteiger partial charge in [0.05, 0.1) is 11.3 Å². The molecule has 18 heavy (non-hydrogen) atoms. The first kappa shape index (κ1) is 14.0. The Morgan fingerprint density at radius 2 is 2.11 bits per heavy atom. The molecular formula is C11H9F4N3. The van der Waals surface area contributed by atoms with E-state index in [1.807, 2.05) is 0 Å². The number of anilines is 1. The predicted molar refractivity (Wildman–Crippen MR) is 58.5 cm³/mol. The third kappa shape index (κ3) is 3.45. The molecule has 0 aliphatic rings. The average molecular weight is 259 g/mol. The zero-order valence-corrected chi connectivity index (χ0v) is 9.35. The van der Waals surface area contributed by atoms with Gasteiger partial charge in [0.25, 0.3) is 0 Å². The van der Waals surface area contributed by atoms with Gasteiger partial charge in [0, 0.05) is 0 Å². The summed E-state index contributed by atoms with van der Waals surface area (Å²) in [6.07, 6.45) is -4.80. The van der Waals surface area contributed by atoms with Crippen molar-refractivity contribution in [2.45, 2.75) is 19.5 Å². The van der Waals surface area contributed by atoms with Gasteiger partial charge >= 0.3 is 6.18 Å². The first-order chi connectivity index (χ1) is 8.38. The Hall–Kier alpha value is -2.10. The molecule has 0 spiro atoms. The molecule has 0 radical (unpaired) electrons. The molecule has 1 rings (SSSR count). The summed E-state index contributed by atoms with van der Waals surface area (Å²) in [6, 6.07) is 4.85. The number of benzene rings is 1. The van der Waals surface area contributed by atoms with E-state index >= 15 is 0 Å². The van der Waals surface area contributed by atoms with Crippen molar-refractivity contribution < 1.29 is 17.6 Å². The van der Waals surface area contributed by atoms with Gasteiger partial charge in [-0.05, 0) is 24.6 Å². The van der Waals surface area contributed by atoms with Crippen molar-refractivity contribution in [1.82, 2.24) is 0 Å². The van der Waals surface area contributed by atoms with Gasteiger partial charge in [-0.2, -0.15) is 23.5 Å². The van der Waals surface area contributed by atoms with E-state index in [1.165, 1.54) is 13.0 Å². The van der Waals surface area contributed by atoms with E-state index in [4.69, 9.17) is 5.26 Å². The summed E-state index contributed by atoms with van der Waals surface area (Å²) in [6.45, 7) is 1.32. The van der Waals surface area contributed by atoms with Crippen LogP contribution in [0.4, 0.5) is 23.2 Å². The molecule has 0 saturated heterocycles. The molecule has 0 unspecified atom stereocenters. The van der Waals surface area contributed by atoms with Crippen LogP contribution in [-0.2, 0) is 0 Å². The van der Waals surface area contributed by atoms with Crippen LogP contribution in [0, 0.1) is 17.1 Å². The number of halogens is 4. The Bertz CT molecular complexity index is 500. The lowest BCUT2D eigenvalue weighted by molar-refractivity contribution is -0.0603. The van der Waals surface area contributed by atoms with Gasteiger partial charge in [0.15, 0.2) is 0 Å². The molecular weight excluding hydrogens is 250 g/mol. The van der Waals surface area contributed by atoms with Crippen LogP contribution in [0.3, 0.4) is 0 Å². The third-order valence-corrected chi connectivity index (χ3v) is 2.07. The zero-order valence-electron chi connectivity index (χ0n) is 9.35. The Labute approximate surface area is 101 Å². The molecule has 0 aliphatic heterocycles. The first-order valence-electron chi connectivity index (χ1n) is 4.98. The van der Waals surface area contributed by atoms with E-state index in [-0.39, 0.29) is 17.7 Å². The van der Waals surface area contributed by atoms with Gasteiger partial charge < -0.3 is 0 Å². The van der Waals surface area contributed by atoms with Gasteiger partial charge in [-0.1, -0.05) is 6.92 Å². The number of hydrogen-bond donors (Lipinski definition) is 1. The highest BCUT2D eigenvalue weighted by Crippen LogP contribution is 2.20. The minimum absolute atomic E-state index is 0.114. The molecule has 3 nitrogen and oxygen atoms in total. The second-order valence-electron chi connectivity index (χ2n) is 3.33. The van der Waals surface area contributed by atoms with Crippen LogP contribution in [0.1, 0.15) is 18.9 Å². The van der Waals surface area contributed by atoms with Crippen molar-refractivity contribution in [3.05, 3.63) is 29.6 Å². The second kappa shape index (κ2) is 5.49. The lowest BCUT2D eigenvalue weighted by atomic mass is 10.2. The molecule has 0 aliphatic carbocycles. The molecule has 0 bridgehead atoms. The number of rotatable bonds is 3. The fourth-order valence-corrected chi connectivity index (χ4v) is 1.16. The lowest BCUT2D eigenvalue weighted by Gasteiger charge is -2.09. The predicted octanol–water partition coefficient (Wildman–Crippen LogP) is 3.44. The van der Waals surface area contributed by atoms with E-state index in [9.17, 15) is 17.6 Å². The maximum atomic E-state index is 13.0. The van der Waals surface area contributed by atoms with Crippen LogP contribution >= 0.6 is 0 Å². The van der Waals surface area contributed by atoms with Crippen molar-refractivity contribution in [2.75, 3.05) is 5.43 Å². The van der Waals surface area contributed by atoms with E-state index in [0.29, 0.717) is 0 Å². The van der Waals surface area contributed by atoms with Crippen LogP contribution < -0.4 is 5.43 Å². The smallest absolute Gasteiger partial charge is 0.278 e. The standard InChI is InChI=1S/C11H9F4N3/c1-2-10(11(13,14)15)18-17-8-3-4-9(12)7(5-8)6-16/h3-5,17H,2H2,1H3/b18-10+. The number of nitriles is 1. The fraction of sp³-hybridized carbons (Fsp3) is 0.273. The summed E-state index contributed by atoms with van der Waals surface area (Å²) in [5.74, 6) is -0.737. The first-order valence-corrected chi connectivity index (χ1v) is 4.98. The number of hydrazone groups is 1. The van der Waals surface area contributed by atoms with Crippen LogP contribution in [0.25, 0.3) is 0 Å². The summed E-state index contributed by atoms with van der Waals surface area (Å²) in [5, 5.41) is 11.8. The molecule has 0 amide bonds. The minimum atomic E-state index is -4.51. The number of nitrogens with one attached hydrogen (secondary N) is 1. The molecule has 7 heteroatoms. The second-order valence-corrected chi connectivity index (χ2v) is 3.33. The van der Waals surface area contributed by atoms with Crippen molar-refractivity contribution >= 4 is 11.4 Å². The molecule has 0 aromatic heterocycles. The molecule has 96 valence electrons. The SMILES string of the molecule is CC/C(=N\Nc1ccc(F)c(C#N)c1)C(F)(F)F. The van der Waals surface area contributed by atoms with Gasteiger partial charge in [-0.3, -0.25) is 5.43 Å². The number of alkyl halides is 3. The van der Waals surface area contributed by atoms with Crippen LogP contribution in [0.15, 0.2) is 23.3 Å². The van der Waals surface area contributed by atoms with Gasteiger partial charge in [-0.25, -0.2) is 4.39 Å². The Morgan fingerprint density at radius 3 is 2.61 bits per heavy atom. The maximum absolute atomic E-state index is 13.0. The van der Waals surface area contributed by atoms with E-state index in [1.54, 1.807) is 6.07 Å². The average Bonchev–Trinajstić information content (AvgIpc) is 2.30. The zero-order chi connectivity index (χ0) is 13.8. The van der Waals surface area contributed by atoms with Gasteiger partial charge in [0.1, 0.15) is 17.6 Å². The van der Waals surface area contributed by atoms with Crippen LogP contribution in [0.5, 0.6) is 0 Å². The molecule has 1 N–H and O–H groups in total. The lowest BCUT2D eigenvalue weighted by Crippen LogP contribution is -2.23. The maximum Gasteiger partial charge on any atom is 0.431 e. The fourth-order valence-electron chi connectivity index (χ4n) is 1.16. The molecule has 0 heterocycles.